The molecule has 2 aromatic carbocycles. The van der Waals surface area contributed by atoms with E-state index in [1.165, 1.54) is 16.0 Å². The van der Waals surface area contributed by atoms with Crippen LogP contribution in [-0.4, -0.2) is 12.5 Å². The van der Waals surface area contributed by atoms with Gasteiger partial charge in [-0.15, -0.1) is 11.3 Å². The van der Waals surface area contributed by atoms with Crippen molar-refractivity contribution in [1.82, 2.24) is 5.32 Å². The molecule has 3 rings (SSSR count). The van der Waals surface area contributed by atoms with Gasteiger partial charge in [0.15, 0.2) is 0 Å². The van der Waals surface area contributed by atoms with Gasteiger partial charge >= 0.3 is 0 Å². The average molecular weight is 379 g/mol. The molecule has 27 heavy (non-hydrogen) atoms. The van der Waals surface area contributed by atoms with Crippen molar-refractivity contribution in [2.24, 2.45) is 0 Å². The summed E-state index contributed by atoms with van der Waals surface area (Å²) in [4.78, 5) is 13.8. The summed E-state index contributed by atoms with van der Waals surface area (Å²) in [5.41, 5.74) is 4.44. The van der Waals surface area contributed by atoms with Gasteiger partial charge in [0.05, 0.1) is 12.6 Å². The van der Waals surface area contributed by atoms with Gasteiger partial charge in [-0.2, -0.15) is 0 Å². The number of hydrogen-bond donors (Lipinski definition) is 2. The maximum absolute atomic E-state index is 12.6. The van der Waals surface area contributed by atoms with Crippen LogP contribution in [0.25, 0.3) is 0 Å². The Hall–Kier alpha value is -2.43. The third-order valence-electron chi connectivity index (χ3n) is 4.56. The summed E-state index contributed by atoms with van der Waals surface area (Å²) in [6.45, 7) is 6.60. The lowest BCUT2D eigenvalue weighted by Crippen LogP contribution is -2.31. The zero-order valence-corrected chi connectivity index (χ0v) is 16.8. The number of carbonyl (C=O) groups excluding carboxylic acids is 1. The fourth-order valence-electron chi connectivity index (χ4n) is 3.10. The number of amides is 1. The van der Waals surface area contributed by atoms with E-state index in [1.54, 1.807) is 11.3 Å². The molecule has 0 saturated heterocycles. The molecule has 1 heterocycles. The normalized spacial score (nSPS) is 12.1. The van der Waals surface area contributed by atoms with Crippen LogP contribution in [0.15, 0.2) is 66.0 Å². The van der Waals surface area contributed by atoms with Crippen LogP contribution < -0.4 is 10.6 Å². The van der Waals surface area contributed by atoms with Gasteiger partial charge in [-0.05, 0) is 41.5 Å². The zero-order valence-electron chi connectivity index (χ0n) is 16.0. The number of hydrogen-bond acceptors (Lipinski definition) is 3. The fourth-order valence-corrected chi connectivity index (χ4v) is 3.93. The summed E-state index contributed by atoms with van der Waals surface area (Å²) in [5.74, 6) is 0.331. The molecular formula is C23H26N2OS. The number of rotatable bonds is 7. The number of para-hydroxylation sites is 1. The van der Waals surface area contributed by atoms with Gasteiger partial charge in [0.25, 0.3) is 0 Å². The van der Waals surface area contributed by atoms with Crippen LogP contribution in [-0.2, 0) is 4.79 Å². The largest absolute Gasteiger partial charge is 0.325 e. The minimum absolute atomic E-state index is 0.0108. The van der Waals surface area contributed by atoms with Crippen molar-refractivity contribution in [2.75, 3.05) is 11.9 Å². The van der Waals surface area contributed by atoms with E-state index in [2.05, 4.69) is 73.2 Å². The predicted molar refractivity (Wildman–Crippen MR) is 115 cm³/mol. The minimum atomic E-state index is -0.0308. The van der Waals surface area contributed by atoms with Gasteiger partial charge in [0.1, 0.15) is 0 Å². The molecule has 0 aliphatic carbocycles. The Kier molecular flexibility index (Phi) is 6.43. The van der Waals surface area contributed by atoms with E-state index in [0.717, 1.165) is 11.3 Å². The summed E-state index contributed by atoms with van der Waals surface area (Å²) in [7, 11) is 0. The van der Waals surface area contributed by atoms with Gasteiger partial charge in [-0.25, -0.2) is 0 Å². The maximum atomic E-state index is 12.6. The van der Waals surface area contributed by atoms with Crippen molar-refractivity contribution in [1.29, 1.82) is 0 Å². The van der Waals surface area contributed by atoms with Gasteiger partial charge in [0.2, 0.25) is 5.91 Å². The SMILES string of the molecule is Cc1ccc([C@H](NCC(=O)Nc2ccccc2C(C)C)c2cccs2)cc1. The van der Waals surface area contributed by atoms with Crippen LogP contribution in [0.4, 0.5) is 5.69 Å². The predicted octanol–water partition coefficient (Wildman–Crippen LogP) is 5.50. The average Bonchev–Trinajstić information content (AvgIpc) is 3.18. The second kappa shape index (κ2) is 8.98. The molecule has 0 aliphatic heterocycles. The third-order valence-corrected chi connectivity index (χ3v) is 5.50. The molecule has 4 heteroatoms. The lowest BCUT2D eigenvalue weighted by molar-refractivity contribution is -0.115. The monoisotopic (exact) mass is 378 g/mol. The van der Waals surface area contributed by atoms with E-state index >= 15 is 0 Å². The van der Waals surface area contributed by atoms with Crippen LogP contribution in [0.3, 0.4) is 0 Å². The highest BCUT2D eigenvalue weighted by molar-refractivity contribution is 7.10. The third kappa shape index (κ3) is 5.06. The molecule has 0 aliphatic rings. The maximum Gasteiger partial charge on any atom is 0.238 e. The summed E-state index contributed by atoms with van der Waals surface area (Å²) >= 11 is 1.70. The number of benzene rings is 2. The molecule has 0 fully saturated rings. The Morgan fingerprint density at radius 3 is 2.41 bits per heavy atom. The fraction of sp³-hybridized carbons (Fsp3) is 0.261. The molecular weight excluding hydrogens is 352 g/mol. The first kappa shape index (κ1) is 19.3. The standard InChI is InChI=1S/C23H26N2OS/c1-16(2)19-7-4-5-8-20(19)25-22(26)15-24-23(21-9-6-14-27-21)18-12-10-17(3)11-13-18/h4-14,16,23-24H,15H2,1-3H3,(H,25,26)/t23-/m0/s1. The highest BCUT2D eigenvalue weighted by Gasteiger charge is 2.17. The molecule has 0 bridgehead atoms. The van der Waals surface area contributed by atoms with Crippen LogP contribution in [0, 0.1) is 6.92 Å². The Morgan fingerprint density at radius 1 is 1.00 bits per heavy atom. The molecule has 0 spiro atoms. The molecule has 0 saturated carbocycles. The molecule has 0 radical (unpaired) electrons. The molecule has 140 valence electrons. The summed E-state index contributed by atoms with van der Waals surface area (Å²) in [6.07, 6.45) is 0. The highest BCUT2D eigenvalue weighted by atomic mass is 32.1. The Bertz CT molecular complexity index is 870. The van der Waals surface area contributed by atoms with Crippen molar-refractivity contribution in [3.05, 3.63) is 87.6 Å². The van der Waals surface area contributed by atoms with Gasteiger partial charge in [-0.3, -0.25) is 10.1 Å². The zero-order chi connectivity index (χ0) is 19.2. The smallest absolute Gasteiger partial charge is 0.238 e. The number of nitrogens with one attached hydrogen (secondary N) is 2. The number of aryl methyl sites for hydroxylation is 1. The number of thiophene rings is 1. The molecule has 0 unspecified atom stereocenters. The van der Waals surface area contributed by atoms with E-state index in [4.69, 9.17) is 0 Å². The summed E-state index contributed by atoms with van der Waals surface area (Å²) < 4.78 is 0. The highest BCUT2D eigenvalue weighted by Crippen LogP contribution is 2.27. The molecule has 1 aromatic heterocycles. The molecule has 1 amide bonds. The van der Waals surface area contributed by atoms with E-state index in [0.29, 0.717) is 5.92 Å². The number of carbonyl (C=O) groups is 1. The van der Waals surface area contributed by atoms with E-state index in [-0.39, 0.29) is 18.5 Å². The minimum Gasteiger partial charge on any atom is -0.325 e. The van der Waals surface area contributed by atoms with Gasteiger partial charge < -0.3 is 5.32 Å². The van der Waals surface area contributed by atoms with Crippen molar-refractivity contribution in [2.45, 2.75) is 32.7 Å². The topological polar surface area (TPSA) is 41.1 Å². The second-order valence-electron chi connectivity index (χ2n) is 7.03. The lowest BCUT2D eigenvalue weighted by atomic mass is 10.0. The van der Waals surface area contributed by atoms with E-state index < -0.39 is 0 Å². The van der Waals surface area contributed by atoms with E-state index in [1.807, 2.05) is 24.3 Å². The second-order valence-corrected chi connectivity index (χ2v) is 8.01. The van der Waals surface area contributed by atoms with Crippen molar-refractivity contribution < 1.29 is 4.79 Å². The number of anilines is 1. The van der Waals surface area contributed by atoms with Gasteiger partial charge in [-0.1, -0.05) is 67.9 Å². The first-order chi connectivity index (χ1) is 13.0. The van der Waals surface area contributed by atoms with Crippen LogP contribution >= 0.6 is 11.3 Å². The van der Waals surface area contributed by atoms with E-state index in [9.17, 15) is 4.79 Å². The quantitative estimate of drug-likeness (QED) is 0.570. The molecule has 1 atom stereocenters. The molecule has 3 nitrogen and oxygen atoms in total. The van der Waals surface area contributed by atoms with Crippen molar-refractivity contribution in [3.63, 3.8) is 0 Å². The lowest BCUT2D eigenvalue weighted by Gasteiger charge is -2.19. The molecule has 3 aromatic rings. The first-order valence-electron chi connectivity index (χ1n) is 9.26. The Balaban J connectivity index is 1.70. The van der Waals surface area contributed by atoms with Crippen molar-refractivity contribution >= 4 is 22.9 Å². The van der Waals surface area contributed by atoms with Crippen LogP contribution in [0.5, 0.6) is 0 Å². The van der Waals surface area contributed by atoms with Crippen LogP contribution in [0.2, 0.25) is 0 Å². The van der Waals surface area contributed by atoms with Gasteiger partial charge in [0, 0.05) is 10.6 Å². The molecule has 2 N–H and O–H groups in total. The summed E-state index contributed by atoms with van der Waals surface area (Å²) in [5, 5.41) is 8.55. The Morgan fingerprint density at radius 2 is 1.74 bits per heavy atom. The van der Waals surface area contributed by atoms with Crippen molar-refractivity contribution in [3.8, 4) is 0 Å². The first-order valence-corrected chi connectivity index (χ1v) is 10.1. The summed E-state index contributed by atoms with van der Waals surface area (Å²) in [6, 6.07) is 20.6. The Labute approximate surface area is 165 Å². The van der Waals surface area contributed by atoms with Crippen LogP contribution in [0.1, 0.15) is 47.4 Å².